The number of hydrogen-bond donors (Lipinski definition) is 4. The summed E-state index contributed by atoms with van der Waals surface area (Å²) in [5, 5.41) is 15.2. The summed E-state index contributed by atoms with van der Waals surface area (Å²) in [4.78, 5) is 64.3. The van der Waals surface area contributed by atoms with Crippen LogP contribution in [0.5, 0.6) is 0 Å². The molecule has 1 aromatic rings. The average Bonchev–Trinajstić information content (AvgIpc) is 3.28. The molecule has 362 valence electrons. The molecular weight excluding hydrogens is 803 g/mol. The van der Waals surface area contributed by atoms with Crippen molar-refractivity contribution in [3.8, 4) is 0 Å². The molecule has 0 radical (unpaired) electrons. The van der Waals surface area contributed by atoms with E-state index < -0.39 is 11.6 Å². The van der Waals surface area contributed by atoms with Gasteiger partial charge in [-0.2, -0.15) is 0 Å². The zero-order valence-corrected chi connectivity index (χ0v) is 40.4. The minimum Gasteiger partial charge on any atom is -0.394 e. The number of aliphatic hydroxyl groups excluding tert-OH is 1. The van der Waals surface area contributed by atoms with Crippen LogP contribution in [-0.2, 0) is 25.5 Å². The van der Waals surface area contributed by atoms with E-state index in [1.807, 2.05) is 0 Å². The lowest BCUT2D eigenvalue weighted by atomic mass is 9.96. The van der Waals surface area contributed by atoms with E-state index in [1.165, 1.54) is 89.9 Å². The van der Waals surface area contributed by atoms with E-state index in [-0.39, 0.29) is 61.0 Å². The zero-order chi connectivity index (χ0) is 46.3. The smallest absolute Gasteiger partial charge is 0.277 e. The van der Waals surface area contributed by atoms with Crippen LogP contribution in [-0.4, -0.2) is 71.3 Å². The number of aromatic amines is 1. The van der Waals surface area contributed by atoms with Crippen LogP contribution in [0.25, 0.3) is 0 Å². The van der Waals surface area contributed by atoms with E-state index in [1.54, 1.807) is 6.21 Å². The van der Waals surface area contributed by atoms with Gasteiger partial charge in [-0.15, -0.1) is 0 Å². The number of allylic oxidation sites excluding steroid dienone is 4. The maximum Gasteiger partial charge on any atom is 0.277 e. The molecule has 0 aromatic carbocycles. The number of ether oxygens (including phenoxy) is 1. The van der Waals surface area contributed by atoms with Gasteiger partial charge in [0.2, 0.25) is 11.8 Å². The number of fused-ring (bicyclic) bond motifs is 1. The zero-order valence-electron chi connectivity index (χ0n) is 40.4. The highest BCUT2D eigenvalue weighted by molar-refractivity contribution is 6.01. The minimum absolute atomic E-state index is 0.0160. The van der Waals surface area contributed by atoms with E-state index in [0.29, 0.717) is 56.6 Å². The number of unbranched alkanes of at least 4 members (excludes halogenated alkanes) is 21. The molecule has 1 aliphatic rings. The minimum atomic E-state index is -0.770. The molecule has 64 heavy (non-hydrogen) atoms. The standard InChI is InChI=1S/C53H89N5O6/c1-4-6-8-10-12-14-16-18-20-22-24-26-28-30-35-48(60)54-38-33-32-34-46(56-49(61)36-31-29-27-25-23-21-19-17-15-13-11-9-7-5-2)52(62)44(3)42-47-57-50-45(43-64-41-40-59)37-39-55-51(50)53(63)58-47/h16-19,39,45-46,59H,3-15,20-38,40-43H2,1-2H3,(H,54,60)(H,56,61)(H,57,58,63)/b18-16+,19-17+. The average molecular weight is 892 g/mol. The van der Waals surface area contributed by atoms with Crippen molar-refractivity contribution >= 4 is 29.5 Å². The molecular formula is C53H89N5O6. The molecule has 11 nitrogen and oxygen atoms in total. The van der Waals surface area contributed by atoms with Crippen LogP contribution in [0.1, 0.15) is 224 Å². The molecule has 1 aromatic heterocycles. The van der Waals surface area contributed by atoms with Gasteiger partial charge >= 0.3 is 0 Å². The summed E-state index contributed by atoms with van der Waals surface area (Å²) in [6.07, 6.45) is 42.5. The molecule has 0 spiro atoms. The van der Waals surface area contributed by atoms with Crippen LogP contribution in [0.2, 0.25) is 0 Å². The van der Waals surface area contributed by atoms with Gasteiger partial charge in [-0.3, -0.25) is 24.2 Å². The van der Waals surface area contributed by atoms with Crippen LogP contribution in [0.4, 0.5) is 5.69 Å². The summed E-state index contributed by atoms with van der Waals surface area (Å²) < 4.78 is 5.55. The predicted molar refractivity (Wildman–Crippen MR) is 265 cm³/mol. The number of carbonyl (C=O) groups is 3. The summed E-state index contributed by atoms with van der Waals surface area (Å²) in [5.41, 5.74) is 0.559. The summed E-state index contributed by atoms with van der Waals surface area (Å²) in [6.45, 7) is 9.44. The highest BCUT2D eigenvalue weighted by atomic mass is 16.5. The fourth-order valence-corrected chi connectivity index (χ4v) is 8.07. The molecule has 11 heteroatoms. The van der Waals surface area contributed by atoms with Gasteiger partial charge in [0.25, 0.3) is 5.56 Å². The van der Waals surface area contributed by atoms with Crippen molar-refractivity contribution in [2.75, 3.05) is 26.4 Å². The number of carbonyl (C=O) groups excluding carboxylic acids is 3. The number of Topliss-reactive ketones (excluding diaryl/α,β-unsaturated/α-hetero) is 1. The topological polar surface area (TPSA) is 163 Å². The van der Waals surface area contributed by atoms with E-state index >= 15 is 0 Å². The molecule has 2 amide bonds. The molecule has 0 bridgehead atoms. The maximum absolute atomic E-state index is 13.9. The van der Waals surface area contributed by atoms with Gasteiger partial charge in [0.05, 0.1) is 31.6 Å². The van der Waals surface area contributed by atoms with Crippen LogP contribution in [0.3, 0.4) is 0 Å². The Kier molecular flexibility index (Phi) is 34.0. The van der Waals surface area contributed by atoms with Crippen molar-refractivity contribution in [1.82, 2.24) is 20.6 Å². The van der Waals surface area contributed by atoms with Crippen molar-refractivity contribution in [2.45, 2.75) is 225 Å². The molecule has 2 heterocycles. The number of nitrogens with zero attached hydrogens (tertiary/aromatic N) is 2. The number of aliphatic imine (C=N–C) groups is 1. The first-order valence-electron chi connectivity index (χ1n) is 25.7. The first-order chi connectivity index (χ1) is 31.3. The van der Waals surface area contributed by atoms with Crippen LogP contribution in [0, 0.1) is 0 Å². The molecule has 0 fully saturated rings. The van der Waals surface area contributed by atoms with E-state index in [0.717, 1.165) is 64.2 Å². The number of H-pyrrole nitrogens is 1. The van der Waals surface area contributed by atoms with Crippen LogP contribution >= 0.6 is 0 Å². The summed E-state index contributed by atoms with van der Waals surface area (Å²) >= 11 is 0. The molecule has 4 N–H and O–H groups in total. The summed E-state index contributed by atoms with van der Waals surface area (Å²) in [5.74, 6) is -0.301. The Labute approximate surface area is 387 Å². The Morgan fingerprint density at radius 2 is 1.30 bits per heavy atom. The predicted octanol–water partition coefficient (Wildman–Crippen LogP) is 11.7. The highest BCUT2D eigenvalue weighted by Crippen LogP contribution is 2.29. The third kappa shape index (κ3) is 27.6. The molecule has 2 atom stereocenters. The molecule has 2 rings (SSSR count). The molecule has 2 unspecified atom stereocenters. The number of hydrogen-bond acceptors (Lipinski definition) is 8. The summed E-state index contributed by atoms with van der Waals surface area (Å²) in [6, 6.07) is -0.770. The fourth-order valence-electron chi connectivity index (χ4n) is 8.07. The van der Waals surface area contributed by atoms with Gasteiger partial charge in [0.15, 0.2) is 5.78 Å². The van der Waals surface area contributed by atoms with Crippen molar-refractivity contribution in [1.29, 1.82) is 0 Å². The molecule has 1 aliphatic heterocycles. The first kappa shape index (κ1) is 56.4. The second kappa shape index (κ2) is 38.6. The summed E-state index contributed by atoms with van der Waals surface area (Å²) in [7, 11) is 0. The van der Waals surface area contributed by atoms with Gasteiger partial charge in [0, 0.05) is 37.9 Å². The van der Waals surface area contributed by atoms with Gasteiger partial charge in [-0.05, 0) is 95.5 Å². The van der Waals surface area contributed by atoms with E-state index in [4.69, 9.17) is 9.84 Å². The van der Waals surface area contributed by atoms with Crippen molar-refractivity contribution in [3.05, 3.63) is 58.3 Å². The Hall–Kier alpha value is -3.70. The monoisotopic (exact) mass is 892 g/mol. The quantitative estimate of drug-likeness (QED) is 0.0288. The van der Waals surface area contributed by atoms with Crippen molar-refractivity contribution in [2.24, 2.45) is 4.99 Å². The molecule has 0 saturated heterocycles. The lowest BCUT2D eigenvalue weighted by Gasteiger charge is -2.21. The second-order valence-corrected chi connectivity index (χ2v) is 17.9. The third-order valence-electron chi connectivity index (χ3n) is 12.0. The van der Waals surface area contributed by atoms with Gasteiger partial charge in [-0.1, -0.05) is 135 Å². The SMILES string of the molecule is C=C(Cc1nc2c(c(=O)[nH]1)N=CCC2COCCO)C(=O)C(CCCCNC(=O)CCCCCCC/C=C/CCCCCCC)NC(=O)CCCCCCC/C=C/CCCCCCC. The lowest BCUT2D eigenvalue weighted by Crippen LogP contribution is -2.41. The van der Waals surface area contributed by atoms with Crippen LogP contribution < -0.4 is 16.2 Å². The van der Waals surface area contributed by atoms with Crippen molar-refractivity contribution in [3.63, 3.8) is 0 Å². The Bertz CT molecular complexity index is 1570. The largest absolute Gasteiger partial charge is 0.394 e. The van der Waals surface area contributed by atoms with Gasteiger partial charge in [0.1, 0.15) is 11.5 Å². The Morgan fingerprint density at radius 1 is 0.766 bits per heavy atom. The first-order valence-corrected chi connectivity index (χ1v) is 25.7. The normalized spacial score (nSPS) is 14.0. The third-order valence-corrected chi connectivity index (χ3v) is 12.0. The van der Waals surface area contributed by atoms with Gasteiger partial charge < -0.3 is 25.5 Å². The number of aromatic nitrogens is 2. The van der Waals surface area contributed by atoms with Crippen LogP contribution in [0.15, 0.2) is 46.2 Å². The number of ketones is 1. The highest BCUT2D eigenvalue weighted by Gasteiger charge is 2.26. The van der Waals surface area contributed by atoms with E-state index in [9.17, 15) is 19.2 Å². The Balaban J connectivity index is 1.81. The second-order valence-electron chi connectivity index (χ2n) is 17.9. The Morgan fingerprint density at radius 3 is 1.86 bits per heavy atom. The molecule has 0 aliphatic carbocycles. The number of rotatable bonds is 42. The number of amides is 2. The molecule has 0 saturated carbocycles. The lowest BCUT2D eigenvalue weighted by molar-refractivity contribution is -0.126. The number of nitrogens with one attached hydrogen (secondary N) is 3. The van der Waals surface area contributed by atoms with Crippen molar-refractivity contribution < 1.29 is 24.2 Å². The maximum atomic E-state index is 13.9. The number of aliphatic hydroxyl groups is 1. The van der Waals surface area contributed by atoms with Gasteiger partial charge in [-0.25, -0.2) is 4.98 Å². The van der Waals surface area contributed by atoms with E-state index in [2.05, 4.69) is 70.3 Å². The fraction of sp³-hybridized carbons (Fsp3) is 0.736.